The Kier molecular flexibility index (Phi) is 5.23. The molecule has 5 heteroatoms. The van der Waals surface area contributed by atoms with Gasteiger partial charge in [0.15, 0.2) is 0 Å². The highest BCUT2D eigenvalue weighted by atomic mass is 79.9. The van der Waals surface area contributed by atoms with Crippen molar-refractivity contribution in [1.82, 2.24) is 5.32 Å². The molecule has 1 amide bonds. The molecule has 0 aromatic heterocycles. The molecule has 0 heterocycles. The van der Waals surface area contributed by atoms with Crippen molar-refractivity contribution in [2.75, 3.05) is 7.11 Å². The number of benzene rings is 1. The van der Waals surface area contributed by atoms with E-state index in [1.54, 1.807) is 7.11 Å². The molecule has 0 atom stereocenters. The molecule has 1 rings (SSSR count). The molecule has 0 saturated heterocycles. The zero-order valence-electron chi connectivity index (χ0n) is 12.0. The maximum atomic E-state index is 11.6. The van der Waals surface area contributed by atoms with E-state index in [1.165, 1.54) is 0 Å². The van der Waals surface area contributed by atoms with Crippen LogP contribution in [-0.4, -0.2) is 18.8 Å². The van der Waals surface area contributed by atoms with Crippen LogP contribution in [0.2, 0.25) is 0 Å². The zero-order valence-corrected chi connectivity index (χ0v) is 13.6. The predicted molar refractivity (Wildman–Crippen MR) is 78.5 cm³/mol. The van der Waals surface area contributed by atoms with Crippen LogP contribution < -0.4 is 10.1 Å². The van der Waals surface area contributed by atoms with E-state index >= 15 is 0 Å². The Labute approximate surface area is 122 Å². The largest absolute Gasteiger partial charge is 0.496 e. The summed E-state index contributed by atoms with van der Waals surface area (Å²) in [5.41, 5.74) is 1.42. The van der Waals surface area contributed by atoms with Crippen LogP contribution in [0, 0.1) is 6.92 Å². The molecule has 0 unspecified atom stereocenters. The van der Waals surface area contributed by atoms with Crippen molar-refractivity contribution in [3.05, 3.63) is 27.7 Å². The van der Waals surface area contributed by atoms with Crippen LogP contribution in [0.5, 0.6) is 5.75 Å². The number of hydrogen-bond donors (Lipinski definition) is 1. The van der Waals surface area contributed by atoms with E-state index < -0.39 is 11.7 Å². The molecule has 0 aliphatic heterocycles. The van der Waals surface area contributed by atoms with Gasteiger partial charge in [0, 0.05) is 16.6 Å². The van der Waals surface area contributed by atoms with Crippen molar-refractivity contribution in [2.45, 2.75) is 39.8 Å². The summed E-state index contributed by atoms with van der Waals surface area (Å²) in [4.78, 5) is 11.6. The lowest BCUT2D eigenvalue weighted by atomic mass is 10.1. The van der Waals surface area contributed by atoms with Gasteiger partial charge in [0.1, 0.15) is 11.4 Å². The van der Waals surface area contributed by atoms with Gasteiger partial charge in [0.25, 0.3) is 0 Å². The lowest BCUT2D eigenvalue weighted by Gasteiger charge is -2.20. The van der Waals surface area contributed by atoms with Crippen LogP contribution in [-0.2, 0) is 11.3 Å². The van der Waals surface area contributed by atoms with Crippen LogP contribution in [0.1, 0.15) is 31.9 Å². The van der Waals surface area contributed by atoms with Crippen LogP contribution in [0.4, 0.5) is 4.79 Å². The molecule has 4 nitrogen and oxygen atoms in total. The van der Waals surface area contributed by atoms with Crippen molar-refractivity contribution in [1.29, 1.82) is 0 Å². The fraction of sp³-hybridized carbons (Fsp3) is 0.500. The van der Waals surface area contributed by atoms with E-state index in [9.17, 15) is 4.79 Å². The molecule has 0 saturated carbocycles. The summed E-state index contributed by atoms with van der Waals surface area (Å²) >= 11 is 3.43. The van der Waals surface area contributed by atoms with Crippen molar-refractivity contribution >= 4 is 22.0 Å². The Balaban J connectivity index is 2.75. The molecule has 19 heavy (non-hydrogen) atoms. The highest BCUT2D eigenvalue weighted by Gasteiger charge is 2.16. The molecular formula is C14H20BrNO3. The van der Waals surface area contributed by atoms with Crippen molar-refractivity contribution < 1.29 is 14.3 Å². The number of halogens is 1. The fourth-order valence-corrected chi connectivity index (χ4v) is 2.32. The Morgan fingerprint density at radius 1 is 1.37 bits per heavy atom. The molecule has 1 aromatic rings. The Morgan fingerprint density at radius 2 is 2.00 bits per heavy atom. The van der Waals surface area contributed by atoms with Gasteiger partial charge in [-0.3, -0.25) is 0 Å². The average Bonchev–Trinajstić information content (AvgIpc) is 2.23. The average molecular weight is 330 g/mol. The van der Waals surface area contributed by atoms with E-state index in [0.29, 0.717) is 6.54 Å². The van der Waals surface area contributed by atoms with Gasteiger partial charge in [0.2, 0.25) is 0 Å². The number of amides is 1. The van der Waals surface area contributed by atoms with Gasteiger partial charge in [0.05, 0.1) is 7.11 Å². The second-order valence-corrected chi connectivity index (χ2v) is 6.19. The maximum absolute atomic E-state index is 11.6. The van der Waals surface area contributed by atoms with Crippen molar-refractivity contribution in [2.24, 2.45) is 0 Å². The summed E-state index contributed by atoms with van der Waals surface area (Å²) < 4.78 is 11.5. The maximum Gasteiger partial charge on any atom is 0.407 e. The van der Waals surface area contributed by atoms with Gasteiger partial charge in [-0.15, -0.1) is 0 Å². The fourth-order valence-electron chi connectivity index (χ4n) is 1.70. The van der Waals surface area contributed by atoms with Crippen LogP contribution in [0.25, 0.3) is 0 Å². The standard InChI is InChI=1S/C14H20BrNO3/c1-9-6-11(15)7-10(12(9)18-5)8-16-13(17)19-14(2,3)4/h6-7H,8H2,1-5H3,(H,16,17). The lowest BCUT2D eigenvalue weighted by Crippen LogP contribution is -2.32. The van der Waals surface area contributed by atoms with E-state index in [4.69, 9.17) is 9.47 Å². The Bertz CT molecular complexity index is 466. The first-order valence-electron chi connectivity index (χ1n) is 6.03. The SMILES string of the molecule is COc1c(C)cc(Br)cc1CNC(=O)OC(C)(C)C. The summed E-state index contributed by atoms with van der Waals surface area (Å²) in [6.45, 7) is 7.81. The summed E-state index contributed by atoms with van der Waals surface area (Å²) in [5, 5.41) is 2.72. The Morgan fingerprint density at radius 3 is 2.53 bits per heavy atom. The topological polar surface area (TPSA) is 47.6 Å². The number of methoxy groups -OCH3 is 1. The molecule has 0 aliphatic rings. The van der Waals surface area contributed by atoms with Gasteiger partial charge in [-0.2, -0.15) is 0 Å². The first-order valence-corrected chi connectivity index (χ1v) is 6.82. The summed E-state index contributed by atoms with van der Waals surface area (Å²) in [6, 6.07) is 3.89. The van der Waals surface area contributed by atoms with E-state index in [-0.39, 0.29) is 0 Å². The number of nitrogens with one attached hydrogen (secondary N) is 1. The quantitative estimate of drug-likeness (QED) is 0.917. The molecule has 0 radical (unpaired) electrons. The third-order valence-electron chi connectivity index (χ3n) is 2.34. The minimum absolute atomic E-state index is 0.359. The first-order chi connectivity index (χ1) is 8.73. The van der Waals surface area contributed by atoms with Gasteiger partial charge >= 0.3 is 6.09 Å². The monoisotopic (exact) mass is 329 g/mol. The van der Waals surface area contributed by atoms with Gasteiger partial charge < -0.3 is 14.8 Å². The number of rotatable bonds is 3. The molecule has 1 N–H and O–H groups in total. The normalized spacial score (nSPS) is 11.1. The van der Waals surface area contributed by atoms with E-state index in [1.807, 2.05) is 39.8 Å². The summed E-state index contributed by atoms with van der Waals surface area (Å²) in [7, 11) is 1.62. The molecular weight excluding hydrogens is 310 g/mol. The Hall–Kier alpha value is -1.23. The lowest BCUT2D eigenvalue weighted by molar-refractivity contribution is 0.0523. The van der Waals surface area contributed by atoms with Gasteiger partial charge in [-0.1, -0.05) is 15.9 Å². The van der Waals surface area contributed by atoms with Gasteiger partial charge in [-0.25, -0.2) is 4.79 Å². The second kappa shape index (κ2) is 6.28. The zero-order chi connectivity index (χ0) is 14.6. The molecule has 0 fully saturated rings. The smallest absolute Gasteiger partial charge is 0.407 e. The van der Waals surface area contributed by atoms with Crippen LogP contribution in [0.15, 0.2) is 16.6 Å². The number of alkyl carbamates (subject to hydrolysis) is 1. The van der Waals surface area contributed by atoms with Gasteiger partial charge in [-0.05, 0) is 45.4 Å². The van der Waals surface area contributed by atoms with Crippen LogP contribution in [0.3, 0.4) is 0 Å². The molecule has 0 bridgehead atoms. The van der Waals surface area contributed by atoms with Crippen molar-refractivity contribution in [3.8, 4) is 5.75 Å². The highest BCUT2D eigenvalue weighted by molar-refractivity contribution is 9.10. The molecule has 0 aliphatic carbocycles. The molecule has 1 aromatic carbocycles. The minimum atomic E-state index is -0.499. The predicted octanol–water partition coefficient (Wildman–Crippen LogP) is 3.79. The third-order valence-corrected chi connectivity index (χ3v) is 2.80. The summed E-state index contributed by atoms with van der Waals surface area (Å²) in [5.74, 6) is 0.777. The highest BCUT2D eigenvalue weighted by Crippen LogP contribution is 2.27. The number of ether oxygens (including phenoxy) is 2. The van der Waals surface area contributed by atoms with Crippen LogP contribution >= 0.6 is 15.9 Å². The molecule has 0 spiro atoms. The number of aryl methyl sites for hydroxylation is 1. The first kappa shape index (κ1) is 15.8. The van der Waals surface area contributed by atoms with Crippen molar-refractivity contribution in [3.63, 3.8) is 0 Å². The number of carbonyl (C=O) groups is 1. The minimum Gasteiger partial charge on any atom is -0.496 e. The number of carbonyl (C=O) groups excluding carboxylic acids is 1. The van der Waals surface area contributed by atoms with E-state index in [2.05, 4.69) is 21.2 Å². The number of hydrogen-bond acceptors (Lipinski definition) is 3. The summed E-state index contributed by atoms with van der Waals surface area (Å²) in [6.07, 6.45) is -0.438. The molecule has 106 valence electrons. The van der Waals surface area contributed by atoms with E-state index in [0.717, 1.165) is 21.3 Å². The second-order valence-electron chi connectivity index (χ2n) is 5.27. The third kappa shape index (κ3) is 5.11.